The maximum absolute atomic E-state index is 14.2. The van der Waals surface area contributed by atoms with E-state index in [1.165, 1.54) is 19.3 Å². The molecule has 1 saturated heterocycles. The fourth-order valence-electron chi connectivity index (χ4n) is 5.65. The van der Waals surface area contributed by atoms with Gasteiger partial charge in [-0.3, -0.25) is 9.78 Å². The molecule has 1 aliphatic carbocycles. The number of hydrogen-bond donors (Lipinski definition) is 1. The molecule has 1 aromatic carbocycles. The molecule has 5 rings (SSSR count). The summed E-state index contributed by atoms with van der Waals surface area (Å²) in [4.78, 5) is 20.8. The monoisotopic (exact) mass is 476 g/mol. The number of hydrogen-bond acceptors (Lipinski definition) is 5. The summed E-state index contributed by atoms with van der Waals surface area (Å²) in [6.07, 6.45) is 7.57. The van der Waals surface area contributed by atoms with Crippen LogP contribution >= 0.6 is 0 Å². The van der Waals surface area contributed by atoms with E-state index < -0.39 is 0 Å². The zero-order chi connectivity index (χ0) is 24.4. The number of amides is 1. The summed E-state index contributed by atoms with van der Waals surface area (Å²) < 4.78 is 14.4. The summed E-state index contributed by atoms with van der Waals surface area (Å²) in [6.45, 7) is 6.66. The molecule has 2 fully saturated rings. The fourth-order valence-corrected chi connectivity index (χ4v) is 5.65. The Hall–Kier alpha value is -2.90. The second kappa shape index (κ2) is 10.4. The highest BCUT2D eigenvalue weighted by molar-refractivity contribution is 6.08. The number of ether oxygens (including phenoxy) is 2. The van der Waals surface area contributed by atoms with Gasteiger partial charge in [-0.2, -0.15) is 0 Å². The van der Waals surface area contributed by atoms with E-state index in [0.717, 1.165) is 47.3 Å². The number of para-hydroxylation sites is 1. The fraction of sp³-hybridized carbons (Fsp3) is 0.500. The maximum atomic E-state index is 14.2. The minimum atomic E-state index is -0.0212. The minimum Gasteiger partial charge on any atom is -0.439 e. The summed E-state index contributed by atoms with van der Waals surface area (Å²) in [5.74, 6) is 1.43. The number of aromatic nitrogens is 2. The van der Waals surface area contributed by atoms with E-state index >= 15 is 0 Å². The molecule has 7 heteroatoms. The number of nitrogens with one attached hydrogen (secondary N) is 1. The van der Waals surface area contributed by atoms with Gasteiger partial charge in [0.2, 0.25) is 5.88 Å². The number of benzene rings is 1. The van der Waals surface area contributed by atoms with Crippen molar-refractivity contribution in [2.45, 2.75) is 58.0 Å². The molecule has 0 bridgehead atoms. The highest BCUT2D eigenvalue weighted by Crippen LogP contribution is 2.42. The summed E-state index contributed by atoms with van der Waals surface area (Å²) >= 11 is 0. The smallest absolute Gasteiger partial charge is 0.261 e. The van der Waals surface area contributed by atoms with Crippen LogP contribution in [0, 0.1) is 13.8 Å². The van der Waals surface area contributed by atoms with Crippen LogP contribution in [0.25, 0.3) is 11.0 Å². The van der Waals surface area contributed by atoms with Gasteiger partial charge in [0.25, 0.3) is 5.91 Å². The van der Waals surface area contributed by atoms with Crippen molar-refractivity contribution in [2.75, 3.05) is 33.4 Å². The predicted octanol–water partition coefficient (Wildman–Crippen LogP) is 5.01. The van der Waals surface area contributed by atoms with Crippen molar-refractivity contribution in [2.24, 2.45) is 0 Å². The van der Waals surface area contributed by atoms with Crippen molar-refractivity contribution in [3.63, 3.8) is 0 Å². The Bertz CT molecular complexity index is 1180. The highest BCUT2D eigenvalue weighted by atomic mass is 16.5. The first-order valence-electron chi connectivity index (χ1n) is 12.8. The van der Waals surface area contributed by atoms with Gasteiger partial charge < -0.3 is 24.3 Å². The van der Waals surface area contributed by atoms with Crippen molar-refractivity contribution in [1.82, 2.24) is 19.8 Å². The number of aryl methyl sites for hydroxylation is 2. The molecule has 3 heterocycles. The molecule has 1 saturated carbocycles. The lowest BCUT2D eigenvalue weighted by Crippen LogP contribution is -2.54. The van der Waals surface area contributed by atoms with Crippen LogP contribution in [-0.4, -0.2) is 59.8 Å². The Labute approximate surface area is 207 Å². The molecule has 0 unspecified atom stereocenters. The van der Waals surface area contributed by atoms with Gasteiger partial charge in [0.15, 0.2) is 0 Å². The average Bonchev–Trinajstić information content (AvgIpc) is 3.20. The minimum absolute atomic E-state index is 0.0212. The number of piperazine rings is 1. The third kappa shape index (κ3) is 4.67. The van der Waals surface area contributed by atoms with Crippen LogP contribution in [0.2, 0.25) is 0 Å². The van der Waals surface area contributed by atoms with E-state index in [2.05, 4.69) is 41.9 Å². The molecule has 35 heavy (non-hydrogen) atoms. The van der Waals surface area contributed by atoms with Gasteiger partial charge in [-0.1, -0.05) is 37.5 Å². The lowest BCUT2D eigenvalue weighted by atomic mass is 9.95. The van der Waals surface area contributed by atoms with Gasteiger partial charge in [-0.25, -0.2) is 0 Å². The van der Waals surface area contributed by atoms with Gasteiger partial charge in [-0.15, -0.1) is 0 Å². The van der Waals surface area contributed by atoms with E-state index in [0.29, 0.717) is 37.2 Å². The van der Waals surface area contributed by atoms with Crippen LogP contribution in [0.15, 0.2) is 36.5 Å². The van der Waals surface area contributed by atoms with E-state index in [4.69, 9.17) is 14.5 Å². The molecular formula is C28H36N4O3. The van der Waals surface area contributed by atoms with Crippen LogP contribution in [0.5, 0.6) is 11.6 Å². The van der Waals surface area contributed by atoms with Crippen molar-refractivity contribution in [3.05, 3.63) is 53.2 Å². The van der Waals surface area contributed by atoms with E-state index in [1.54, 1.807) is 13.3 Å². The van der Waals surface area contributed by atoms with Crippen LogP contribution in [0.1, 0.15) is 59.6 Å². The van der Waals surface area contributed by atoms with Crippen molar-refractivity contribution in [1.29, 1.82) is 0 Å². The Morgan fingerprint density at radius 1 is 1.11 bits per heavy atom. The highest BCUT2D eigenvalue weighted by Gasteiger charge is 2.34. The van der Waals surface area contributed by atoms with Crippen molar-refractivity contribution >= 4 is 16.9 Å². The molecule has 2 aromatic heterocycles. The first-order valence-corrected chi connectivity index (χ1v) is 12.8. The molecule has 2 aliphatic rings. The third-order valence-corrected chi connectivity index (χ3v) is 7.39. The van der Waals surface area contributed by atoms with E-state index in [9.17, 15) is 4.79 Å². The van der Waals surface area contributed by atoms with E-state index in [-0.39, 0.29) is 11.9 Å². The number of nitrogens with zero attached hydrogens (tertiary/aromatic N) is 3. The number of pyridine rings is 1. The molecule has 3 aromatic rings. The number of carbonyl (C=O) groups excluding carboxylic acids is 1. The summed E-state index contributed by atoms with van der Waals surface area (Å²) in [6, 6.07) is 10.6. The van der Waals surface area contributed by atoms with Crippen molar-refractivity contribution in [3.8, 4) is 11.6 Å². The molecule has 1 amide bonds. The third-order valence-electron chi connectivity index (χ3n) is 7.39. The Kier molecular flexibility index (Phi) is 7.07. The molecule has 7 nitrogen and oxygen atoms in total. The molecule has 1 N–H and O–H groups in total. The van der Waals surface area contributed by atoms with Crippen LogP contribution < -0.4 is 10.1 Å². The van der Waals surface area contributed by atoms with Crippen LogP contribution in [-0.2, 0) is 4.74 Å². The lowest BCUT2D eigenvalue weighted by Gasteiger charge is -2.33. The molecular weight excluding hydrogens is 440 g/mol. The van der Waals surface area contributed by atoms with Crippen LogP contribution in [0.3, 0.4) is 0 Å². The summed E-state index contributed by atoms with van der Waals surface area (Å²) in [5.41, 5.74) is 4.39. The Morgan fingerprint density at radius 2 is 1.89 bits per heavy atom. The number of carbonyl (C=O) groups is 1. The topological polar surface area (TPSA) is 68.6 Å². The SMILES string of the molecule is COC[C@H]1CN(C(=O)c2c(Oc3c(C)cccc3C)n(C3CCCCC3)c3cccnc23)CCN1. The normalized spacial score (nSPS) is 19.3. The molecule has 186 valence electrons. The first-order chi connectivity index (χ1) is 17.1. The van der Waals surface area contributed by atoms with E-state index in [1.807, 2.05) is 17.0 Å². The molecule has 1 atom stereocenters. The lowest BCUT2D eigenvalue weighted by molar-refractivity contribution is 0.0641. The molecule has 0 spiro atoms. The second-order valence-electron chi connectivity index (χ2n) is 9.89. The molecule has 1 aliphatic heterocycles. The average molecular weight is 477 g/mol. The standard InChI is InChI=1S/C28H36N4O3/c1-19-9-7-10-20(2)26(19)35-28-24(27(33)31-16-15-29-21(17-31)18-34-3)25-23(13-8-14-30-25)32(28)22-11-5-4-6-12-22/h7-10,13-14,21-22,29H,4-6,11-12,15-18H2,1-3H3/t21-/m1/s1. The van der Waals surface area contributed by atoms with Crippen molar-refractivity contribution < 1.29 is 14.3 Å². The van der Waals surface area contributed by atoms with Crippen LogP contribution in [0.4, 0.5) is 0 Å². The molecule has 0 radical (unpaired) electrons. The van der Waals surface area contributed by atoms with Gasteiger partial charge >= 0.3 is 0 Å². The van der Waals surface area contributed by atoms with Gasteiger partial charge in [0.1, 0.15) is 16.8 Å². The maximum Gasteiger partial charge on any atom is 0.261 e. The zero-order valence-corrected chi connectivity index (χ0v) is 21.0. The predicted molar refractivity (Wildman–Crippen MR) is 137 cm³/mol. The van der Waals surface area contributed by atoms with Gasteiger partial charge in [0, 0.05) is 45.0 Å². The van der Waals surface area contributed by atoms with Gasteiger partial charge in [-0.05, 0) is 49.9 Å². The summed E-state index contributed by atoms with van der Waals surface area (Å²) in [5, 5.41) is 3.45. The summed E-state index contributed by atoms with van der Waals surface area (Å²) in [7, 11) is 1.70. The van der Waals surface area contributed by atoms with Gasteiger partial charge in [0.05, 0.1) is 12.1 Å². The Balaban J connectivity index is 1.66. The quantitative estimate of drug-likeness (QED) is 0.542. The Morgan fingerprint density at radius 3 is 2.63 bits per heavy atom. The number of fused-ring (bicyclic) bond motifs is 1. The number of rotatable bonds is 6. The first kappa shape index (κ1) is 23.8. The number of methoxy groups -OCH3 is 1. The second-order valence-corrected chi connectivity index (χ2v) is 9.89. The zero-order valence-electron chi connectivity index (χ0n) is 21.0. The largest absolute Gasteiger partial charge is 0.439 e.